The lowest BCUT2D eigenvalue weighted by Gasteiger charge is -2.58. The summed E-state index contributed by atoms with van der Waals surface area (Å²) in [5.41, 5.74) is 0.612. The summed E-state index contributed by atoms with van der Waals surface area (Å²) in [5, 5.41) is 9.73. The van der Waals surface area contributed by atoms with Crippen LogP contribution in [-0.2, 0) is 19.1 Å². The molecule has 5 heteroatoms. The lowest BCUT2D eigenvalue weighted by molar-refractivity contribution is -0.240. The van der Waals surface area contributed by atoms with E-state index >= 15 is 0 Å². The Balaban J connectivity index is 1.27. The first-order chi connectivity index (χ1) is 15.7. The molecule has 33 heavy (non-hydrogen) atoms. The van der Waals surface area contributed by atoms with Crippen molar-refractivity contribution in [3.8, 4) is 0 Å². The topological polar surface area (TPSA) is 72.8 Å². The number of carbonyl (C=O) groups is 2. The van der Waals surface area contributed by atoms with Gasteiger partial charge in [0.05, 0.1) is 24.2 Å². The summed E-state index contributed by atoms with van der Waals surface area (Å²) in [6.45, 7) is 7.04. The molecule has 6 rings (SSSR count). The van der Waals surface area contributed by atoms with Gasteiger partial charge in [0, 0.05) is 12.3 Å². The predicted octanol–water partition coefficient (Wildman–Crippen LogP) is 4.24. The fraction of sp³-hybridized carbons (Fsp3) is 0.786. The summed E-state index contributed by atoms with van der Waals surface area (Å²) in [4.78, 5) is 25.8. The van der Waals surface area contributed by atoms with Gasteiger partial charge in [-0.2, -0.15) is 0 Å². The van der Waals surface area contributed by atoms with Crippen LogP contribution in [0.25, 0.3) is 0 Å². The largest absolute Gasteiger partial charge is 0.461 e. The highest BCUT2D eigenvalue weighted by Crippen LogP contribution is 2.67. The van der Waals surface area contributed by atoms with Gasteiger partial charge in [-0.3, -0.25) is 9.59 Å². The lowest BCUT2D eigenvalue weighted by Crippen LogP contribution is -2.61. The molecule has 0 aromatic rings. The van der Waals surface area contributed by atoms with Gasteiger partial charge in [0.2, 0.25) is 0 Å². The average molecular weight is 455 g/mol. The number of aliphatic hydroxyl groups excluding tert-OH is 1. The predicted molar refractivity (Wildman–Crippen MR) is 123 cm³/mol. The molecule has 2 heterocycles. The molecule has 0 amide bonds. The van der Waals surface area contributed by atoms with E-state index in [0.717, 1.165) is 32.1 Å². The number of ketones is 1. The minimum Gasteiger partial charge on any atom is -0.461 e. The minimum absolute atomic E-state index is 0.113. The normalized spacial score (nSPS) is 53.0. The smallest absolute Gasteiger partial charge is 0.314 e. The SMILES string of the molecule is CC12CC(OC(=O)C1CO)C(C1CCC3C4CC=C5CC=CC(=O)C5(C)C4CCC13C)CO2. The van der Waals surface area contributed by atoms with Gasteiger partial charge in [0.1, 0.15) is 12.0 Å². The molecule has 1 N–H and O–H groups in total. The van der Waals surface area contributed by atoms with E-state index in [1.807, 2.05) is 19.1 Å². The Morgan fingerprint density at radius 3 is 2.58 bits per heavy atom. The Bertz CT molecular complexity index is 937. The number of hydrogen-bond donors (Lipinski definition) is 1. The average Bonchev–Trinajstić information content (AvgIpc) is 3.12. The van der Waals surface area contributed by atoms with E-state index in [0.29, 0.717) is 42.5 Å². The Kier molecular flexibility index (Phi) is 4.85. The minimum atomic E-state index is -0.615. The molecule has 0 spiro atoms. The molecule has 4 fully saturated rings. The number of aliphatic hydroxyl groups is 1. The molecular formula is C28H38O5. The van der Waals surface area contributed by atoms with Crippen LogP contribution in [0.1, 0.15) is 65.7 Å². The van der Waals surface area contributed by atoms with E-state index in [4.69, 9.17) is 9.47 Å². The van der Waals surface area contributed by atoms with Crippen molar-refractivity contribution in [2.24, 2.45) is 46.3 Å². The molecule has 6 aliphatic rings. The summed E-state index contributed by atoms with van der Waals surface area (Å²) in [7, 11) is 0. The zero-order valence-corrected chi connectivity index (χ0v) is 20.2. The van der Waals surface area contributed by atoms with Gasteiger partial charge in [0.15, 0.2) is 5.78 Å². The van der Waals surface area contributed by atoms with Crippen LogP contribution in [0.2, 0.25) is 0 Å². The van der Waals surface area contributed by atoms with Gasteiger partial charge >= 0.3 is 5.97 Å². The van der Waals surface area contributed by atoms with Gasteiger partial charge in [-0.25, -0.2) is 0 Å². The number of carbonyl (C=O) groups excluding carboxylic acids is 2. The molecule has 0 aromatic heterocycles. The van der Waals surface area contributed by atoms with Gasteiger partial charge in [-0.15, -0.1) is 0 Å². The highest BCUT2D eigenvalue weighted by Gasteiger charge is 2.63. The second-order valence-electron chi connectivity index (χ2n) is 12.4. The molecule has 10 unspecified atom stereocenters. The molecule has 2 saturated carbocycles. The summed E-state index contributed by atoms with van der Waals surface area (Å²) in [6, 6.07) is 0. The second-order valence-corrected chi connectivity index (χ2v) is 12.4. The molecule has 2 saturated heterocycles. The number of ether oxygens (including phenoxy) is 2. The zero-order chi connectivity index (χ0) is 23.2. The molecule has 4 aliphatic carbocycles. The van der Waals surface area contributed by atoms with Crippen molar-refractivity contribution in [3.63, 3.8) is 0 Å². The monoisotopic (exact) mass is 454 g/mol. The maximum Gasteiger partial charge on any atom is 0.314 e. The maximum atomic E-state index is 13.1. The lowest BCUT2D eigenvalue weighted by atomic mass is 9.47. The maximum absolute atomic E-state index is 13.1. The van der Waals surface area contributed by atoms with Crippen LogP contribution in [0.3, 0.4) is 0 Å². The van der Waals surface area contributed by atoms with Crippen LogP contribution < -0.4 is 0 Å². The van der Waals surface area contributed by atoms with Gasteiger partial charge < -0.3 is 14.6 Å². The second kappa shape index (κ2) is 7.27. The fourth-order valence-corrected chi connectivity index (χ4v) is 9.41. The van der Waals surface area contributed by atoms with Crippen LogP contribution in [0.5, 0.6) is 0 Å². The Labute approximate surface area is 197 Å². The van der Waals surface area contributed by atoms with E-state index in [9.17, 15) is 14.7 Å². The standard InChI is InChI=1S/C28H38O5/c1-26-12-11-21-17(8-7-16-5-4-6-24(30)28(16,21)3)19(26)9-10-20(26)18-15-32-27(2)13-23(18)33-25(31)22(27)14-29/h4,6-7,17-23,29H,5,8-15H2,1-3H3. The van der Waals surface area contributed by atoms with Crippen LogP contribution in [0.4, 0.5) is 0 Å². The van der Waals surface area contributed by atoms with Crippen molar-refractivity contribution in [2.75, 3.05) is 13.2 Å². The van der Waals surface area contributed by atoms with Crippen molar-refractivity contribution in [3.05, 3.63) is 23.8 Å². The first kappa shape index (κ1) is 22.0. The molecule has 5 nitrogen and oxygen atoms in total. The van der Waals surface area contributed by atoms with Crippen molar-refractivity contribution in [2.45, 2.75) is 77.4 Å². The molecule has 2 bridgehead atoms. The highest BCUT2D eigenvalue weighted by molar-refractivity contribution is 5.98. The Hall–Kier alpha value is -1.46. The first-order valence-corrected chi connectivity index (χ1v) is 13.1. The van der Waals surface area contributed by atoms with Crippen LogP contribution >= 0.6 is 0 Å². The number of hydrogen-bond acceptors (Lipinski definition) is 5. The first-order valence-electron chi connectivity index (χ1n) is 13.1. The van der Waals surface area contributed by atoms with Crippen molar-refractivity contribution < 1.29 is 24.2 Å². The molecule has 2 aliphatic heterocycles. The third-order valence-corrected chi connectivity index (χ3v) is 11.4. The van der Waals surface area contributed by atoms with E-state index in [1.54, 1.807) is 0 Å². The summed E-state index contributed by atoms with van der Waals surface area (Å²) in [5.74, 6) is 1.71. The van der Waals surface area contributed by atoms with Gasteiger partial charge in [0.25, 0.3) is 0 Å². The van der Waals surface area contributed by atoms with Crippen molar-refractivity contribution >= 4 is 11.8 Å². The summed E-state index contributed by atoms with van der Waals surface area (Å²) in [6.07, 6.45) is 13.4. The number of allylic oxidation sites excluding steroid dienone is 4. The van der Waals surface area contributed by atoms with Crippen LogP contribution in [-0.4, -0.2) is 41.8 Å². The molecule has 10 atom stereocenters. The third-order valence-electron chi connectivity index (χ3n) is 11.4. The molecule has 0 radical (unpaired) electrons. The number of esters is 1. The van der Waals surface area contributed by atoms with Crippen LogP contribution in [0, 0.1) is 46.3 Å². The number of rotatable bonds is 2. The fourth-order valence-electron chi connectivity index (χ4n) is 9.41. The Morgan fingerprint density at radius 2 is 1.82 bits per heavy atom. The van der Waals surface area contributed by atoms with Crippen LogP contribution in [0.15, 0.2) is 23.8 Å². The van der Waals surface area contributed by atoms with E-state index in [-0.39, 0.29) is 35.4 Å². The van der Waals surface area contributed by atoms with Gasteiger partial charge in [-0.1, -0.05) is 24.6 Å². The summed E-state index contributed by atoms with van der Waals surface area (Å²) >= 11 is 0. The highest BCUT2D eigenvalue weighted by atomic mass is 16.6. The van der Waals surface area contributed by atoms with Crippen molar-refractivity contribution in [1.82, 2.24) is 0 Å². The molecular weight excluding hydrogens is 416 g/mol. The van der Waals surface area contributed by atoms with Crippen molar-refractivity contribution in [1.29, 1.82) is 0 Å². The summed E-state index contributed by atoms with van der Waals surface area (Å²) < 4.78 is 12.3. The van der Waals surface area contributed by atoms with E-state index < -0.39 is 11.5 Å². The number of fused-ring (bicyclic) bond motifs is 7. The Morgan fingerprint density at radius 1 is 1.06 bits per heavy atom. The molecule has 0 aromatic carbocycles. The van der Waals surface area contributed by atoms with Gasteiger partial charge in [-0.05, 0) is 87.5 Å². The molecule has 180 valence electrons. The zero-order valence-electron chi connectivity index (χ0n) is 20.2. The van der Waals surface area contributed by atoms with E-state index in [1.165, 1.54) is 12.0 Å². The quantitative estimate of drug-likeness (QED) is 0.499. The third kappa shape index (κ3) is 2.84. The van der Waals surface area contributed by atoms with E-state index in [2.05, 4.69) is 19.9 Å².